The lowest BCUT2D eigenvalue weighted by Gasteiger charge is -2.28. The van der Waals surface area contributed by atoms with Crippen LogP contribution in [-0.2, 0) is 0 Å². The topological polar surface area (TPSA) is 8.17 Å². The Morgan fingerprint density at radius 1 is 0.458 bits per heavy atom. The minimum Gasteiger partial charge on any atom is -0.310 e. The van der Waals surface area contributed by atoms with E-state index in [1.54, 1.807) is 0 Å². The Hall–Kier alpha value is -6.12. The zero-order valence-corrected chi connectivity index (χ0v) is 26.6. The Morgan fingerprint density at radius 2 is 1.08 bits per heavy atom. The predicted octanol–water partition coefficient (Wildman–Crippen LogP) is 10.9. The standard InChI is InChI=1S/C46H34N2/c1-4-17-36(18-5-1)47(37-19-6-2-7-20-37)45-30-28-34(40-25-14-16-33-15-10-11-23-39(33)40)31-43(45)35-27-29-42-41-24-12-13-26-44(41)48(46(42)32-35)38-21-8-3-9-22-38/h1-11,14-32H,12-13H2. The van der Waals surface area contributed by atoms with Crippen LogP contribution in [0.2, 0.25) is 0 Å². The van der Waals surface area contributed by atoms with Crippen molar-refractivity contribution in [2.24, 2.45) is 0 Å². The van der Waals surface area contributed by atoms with Crippen molar-refractivity contribution in [2.45, 2.75) is 12.8 Å². The van der Waals surface area contributed by atoms with Crippen LogP contribution in [0.3, 0.4) is 0 Å². The normalized spacial score (nSPS) is 12.3. The summed E-state index contributed by atoms with van der Waals surface area (Å²) in [6.07, 6.45) is 6.95. The first-order valence-corrected chi connectivity index (χ1v) is 16.8. The predicted molar refractivity (Wildman–Crippen MR) is 204 cm³/mol. The summed E-state index contributed by atoms with van der Waals surface area (Å²) in [5, 5.41) is 6.43. The second-order valence-electron chi connectivity index (χ2n) is 12.5. The van der Waals surface area contributed by atoms with E-state index in [-0.39, 0.29) is 0 Å². The summed E-state index contributed by atoms with van der Waals surface area (Å²) in [7, 11) is 0. The maximum Gasteiger partial charge on any atom is 0.0547 e. The molecule has 0 N–H and O–H groups in total. The van der Waals surface area contributed by atoms with Crippen LogP contribution in [0.25, 0.3) is 61.8 Å². The lowest BCUT2D eigenvalue weighted by molar-refractivity contribution is 1.02. The van der Waals surface area contributed by atoms with Crippen molar-refractivity contribution in [1.29, 1.82) is 0 Å². The van der Waals surface area contributed by atoms with Gasteiger partial charge in [-0.05, 0) is 94.9 Å². The fraction of sp³-hybridized carbons (Fsp3) is 0.0435. The molecular weight excluding hydrogens is 581 g/mol. The monoisotopic (exact) mass is 614 g/mol. The molecular formula is C46H34N2. The third-order valence-electron chi connectivity index (χ3n) is 9.59. The largest absolute Gasteiger partial charge is 0.310 e. The molecule has 1 heterocycles. The molecule has 2 nitrogen and oxygen atoms in total. The SMILES string of the molecule is C1=c2c(n(-c3ccccc3)c3cc(-c4cc(-c5cccc6ccccc56)ccc4N(c4ccccc4)c4ccccc4)ccc23)=CCC1. The molecule has 0 atom stereocenters. The van der Waals surface area contributed by atoms with Gasteiger partial charge in [0.25, 0.3) is 0 Å². The molecule has 0 aliphatic heterocycles. The molecule has 0 radical (unpaired) electrons. The van der Waals surface area contributed by atoms with Gasteiger partial charge in [-0.25, -0.2) is 0 Å². The Labute approximate surface area is 280 Å². The number of hydrogen-bond donors (Lipinski definition) is 0. The van der Waals surface area contributed by atoms with Crippen LogP contribution in [0.4, 0.5) is 17.1 Å². The van der Waals surface area contributed by atoms with Crippen LogP contribution in [0, 0.1) is 0 Å². The molecule has 0 saturated heterocycles. The lowest BCUT2D eigenvalue weighted by atomic mass is 9.93. The van der Waals surface area contributed by atoms with Gasteiger partial charge in [-0.1, -0.05) is 127 Å². The first-order valence-electron chi connectivity index (χ1n) is 16.8. The van der Waals surface area contributed by atoms with E-state index in [0.29, 0.717) is 0 Å². The second-order valence-corrected chi connectivity index (χ2v) is 12.5. The highest BCUT2D eigenvalue weighted by Gasteiger charge is 2.20. The van der Waals surface area contributed by atoms with Crippen LogP contribution >= 0.6 is 0 Å². The molecule has 1 aromatic heterocycles. The quantitative estimate of drug-likeness (QED) is 0.181. The van der Waals surface area contributed by atoms with Gasteiger partial charge in [-0.3, -0.25) is 0 Å². The van der Waals surface area contributed by atoms with Gasteiger partial charge in [0.2, 0.25) is 0 Å². The van der Waals surface area contributed by atoms with E-state index >= 15 is 0 Å². The molecule has 7 aromatic carbocycles. The van der Waals surface area contributed by atoms with Gasteiger partial charge >= 0.3 is 0 Å². The molecule has 0 fully saturated rings. The van der Waals surface area contributed by atoms with Crippen LogP contribution in [0.1, 0.15) is 12.8 Å². The van der Waals surface area contributed by atoms with Crippen molar-refractivity contribution in [3.63, 3.8) is 0 Å². The summed E-state index contributed by atoms with van der Waals surface area (Å²) in [6, 6.07) is 61.5. The van der Waals surface area contributed by atoms with E-state index in [1.807, 2.05) is 0 Å². The van der Waals surface area contributed by atoms with Crippen molar-refractivity contribution in [2.75, 3.05) is 4.90 Å². The van der Waals surface area contributed by atoms with Gasteiger partial charge in [-0.2, -0.15) is 0 Å². The van der Waals surface area contributed by atoms with Gasteiger partial charge in [0.15, 0.2) is 0 Å². The van der Waals surface area contributed by atoms with E-state index in [4.69, 9.17) is 0 Å². The first kappa shape index (κ1) is 28.1. The molecule has 9 rings (SSSR count). The van der Waals surface area contributed by atoms with E-state index in [9.17, 15) is 0 Å². The molecule has 8 aromatic rings. The number of fused-ring (bicyclic) bond motifs is 4. The summed E-state index contributed by atoms with van der Waals surface area (Å²) in [5.41, 5.74) is 10.6. The molecule has 0 bridgehead atoms. The molecule has 48 heavy (non-hydrogen) atoms. The maximum absolute atomic E-state index is 2.45. The van der Waals surface area contributed by atoms with Crippen LogP contribution in [-0.4, -0.2) is 4.57 Å². The Kier molecular flexibility index (Phi) is 6.98. The summed E-state index contributed by atoms with van der Waals surface area (Å²) in [6.45, 7) is 0. The Bertz CT molecular complexity index is 2500. The second kappa shape index (κ2) is 11.9. The van der Waals surface area contributed by atoms with E-state index in [1.165, 1.54) is 60.2 Å². The van der Waals surface area contributed by atoms with Crippen molar-refractivity contribution in [3.8, 4) is 27.9 Å². The van der Waals surface area contributed by atoms with Crippen molar-refractivity contribution < 1.29 is 0 Å². The van der Waals surface area contributed by atoms with Gasteiger partial charge in [-0.15, -0.1) is 0 Å². The minimum atomic E-state index is 1.06. The molecule has 0 spiro atoms. The first-order chi connectivity index (χ1) is 23.8. The molecule has 0 unspecified atom stereocenters. The number of aromatic nitrogens is 1. The number of nitrogens with zero attached hydrogens (tertiary/aromatic N) is 2. The molecule has 0 amide bonds. The van der Waals surface area contributed by atoms with Gasteiger partial charge < -0.3 is 9.47 Å². The smallest absolute Gasteiger partial charge is 0.0547 e. The van der Waals surface area contributed by atoms with Crippen LogP contribution < -0.4 is 15.5 Å². The number of rotatable bonds is 6. The fourth-order valence-corrected chi connectivity index (χ4v) is 7.41. The van der Waals surface area contributed by atoms with E-state index in [0.717, 1.165) is 29.9 Å². The van der Waals surface area contributed by atoms with Crippen LogP contribution in [0.15, 0.2) is 170 Å². The average Bonchev–Trinajstić information content (AvgIpc) is 3.50. The zero-order valence-electron chi connectivity index (χ0n) is 26.6. The molecule has 2 heteroatoms. The molecule has 1 aliphatic rings. The highest BCUT2D eigenvalue weighted by molar-refractivity contribution is 6.00. The average molecular weight is 615 g/mol. The Morgan fingerprint density at radius 3 is 1.85 bits per heavy atom. The van der Waals surface area contributed by atoms with E-state index < -0.39 is 0 Å². The number of anilines is 3. The molecule has 228 valence electrons. The van der Waals surface area contributed by atoms with Crippen molar-refractivity contribution >= 4 is 50.9 Å². The van der Waals surface area contributed by atoms with Crippen LogP contribution in [0.5, 0.6) is 0 Å². The zero-order chi connectivity index (χ0) is 31.9. The third-order valence-corrected chi connectivity index (χ3v) is 9.59. The molecule has 1 aliphatic carbocycles. The van der Waals surface area contributed by atoms with Gasteiger partial charge in [0.1, 0.15) is 0 Å². The van der Waals surface area contributed by atoms with E-state index in [2.05, 4.69) is 191 Å². The number of para-hydroxylation sites is 3. The summed E-state index contributed by atoms with van der Waals surface area (Å²) < 4.78 is 2.45. The van der Waals surface area contributed by atoms with Gasteiger partial charge in [0, 0.05) is 38.6 Å². The lowest BCUT2D eigenvalue weighted by Crippen LogP contribution is -2.30. The summed E-state index contributed by atoms with van der Waals surface area (Å²) >= 11 is 0. The minimum absolute atomic E-state index is 1.06. The fourth-order valence-electron chi connectivity index (χ4n) is 7.41. The van der Waals surface area contributed by atoms with Crippen molar-refractivity contribution in [3.05, 3.63) is 180 Å². The third kappa shape index (κ3) is 4.82. The number of benzene rings is 7. The maximum atomic E-state index is 2.45. The molecule has 0 saturated carbocycles. The number of hydrogen-bond acceptors (Lipinski definition) is 1. The Balaban J connectivity index is 1.34. The van der Waals surface area contributed by atoms with Gasteiger partial charge in [0.05, 0.1) is 11.2 Å². The summed E-state index contributed by atoms with van der Waals surface area (Å²) in [5.74, 6) is 0. The highest BCUT2D eigenvalue weighted by atomic mass is 15.1. The van der Waals surface area contributed by atoms with Crippen molar-refractivity contribution in [1.82, 2.24) is 4.57 Å². The highest BCUT2D eigenvalue weighted by Crippen LogP contribution is 2.43. The summed E-state index contributed by atoms with van der Waals surface area (Å²) in [4.78, 5) is 2.38.